The van der Waals surface area contributed by atoms with E-state index in [1.165, 1.54) is 18.4 Å². The van der Waals surface area contributed by atoms with Crippen molar-refractivity contribution in [2.75, 3.05) is 13.1 Å². The highest BCUT2D eigenvalue weighted by Gasteiger charge is 2.29. The number of hydrogen-bond donors (Lipinski definition) is 1. The Balaban J connectivity index is 1.09. The zero-order valence-electron chi connectivity index (χ0n) is 17.7. The molecule has 0 unspecified atom stereocenters. The maximum Gasteiger partial charge on any atom is 0.274 e. The van der Waals surface area contributed by atoms with Gasteiger partial charge in [0.05, 0.1) is 0 Å². The number of nitrogens with one attached hydrogen (secondary N) is 1. The van der Waals surface area contributed by atoms with Crippen LogP contribution in [0, 0.1) is 5.92 Å². The van der Waals surface area contributed by atoms with E-state index in [1.807, 2.05) is 23.1 Å². The fourth-order valence-electron chi connectivity index (χ4n) is 4.26. The summed E-state index contributed by atoms with van der Waals surface area (Å²) in [5, 5.41) is 7.30. The Hall–Kier alpha value is -3.15. The molecule has 0 spiro atoms. The number of amides is 1. The molecule has 0 radical (unpaired) electrons. The number of aromatic amines is 1. The summed E-state index contributed by atoms with van der Waals surface area (Å²) >= 11 is 0. The largest absolute Gasteiger partial charge is 0.489 e. The number of pyridine rings is 1. The molecule has 6 nitrogen and oxygen atoms in total. The van der Waals surface area contributed by atoms with Gasteiger partial charge in [-0.3, -0.25) is 14.9 Å². The number of rotatable bonds is 7. The Kier molecular flexibility index (Phi) is 5.69. The van der Waals surface area contributed by atoms with E-state index >= 15 is 0 Å². The predicted molar refractivity (Wildman–Crippen MR) is 118 cm³/mol. The van der Waals surface area contributed by atoms with E-state index < -0.39 is 0 Å². The van der Waals surface area contributed by atoms with Crippen molar-refractivity contribution >= 4 is 5.91 Å². The highest BCUT2D eigenvalue weighted by Crippen LogP contribution is 2.39. The standard InChI is InChI=1S/C25H28N4O2/c30-25(24-16-23(27-28-24)21-5-6-21)29-13-9-19(10-14-29)15-18-1-3-20(4-2-18)17-31-22-7-11-26-12-8-22/h1-4,7-8,11-12,16,19,21H,5-6,9-10,13-15,17H2,(H,27,28). The number of H-pyrrole nitrogens is 1. The summed E-state index contributed by atoms with van der Waals surface area (Å²) in [6.45, 7) is 2.18. The van der Waals surface area contributed by atoms with Gasteiger partial charge in [-0.15, -0.1) is 0 Å². The molecular formula is C25H28N4O2. The molecule has 2 aromatic heterocycles. The topological polar surface area (TPSA) is 71.1 Å². The van der Waals surface area contributed by atoms with Gasteiger partial charge in [0, 0.05) is 37.1 Å². The molecule has 1 aromatic carbocycles. The van der Waals surface area contributed by atoms with E-state index in [9.17, 15) is 4.79 Å². The van der Waals surface area contributed by atoms with Gasteiger partial charge < -0.3 is 9.64 Å². The van der Waals surface area contributed by atoms with Gasteiger partial charge in [0.2, 0.25) is 0 Å². The first-order valence-corrected chi connectivity index (χ1v) is 11.2. The molecule has 1 aliphatic heterocycles. The van der Waals surface area contributed by atoms with Crippen molar-refractivity contribution in [3.05, 3.63) is 77.4 Å². The molecule has 0 atom stereocenters. The average Bonchev–Trinajstić information content (AvgIpc) is 3.56. The number of benzene rings is 1. The molecule has 6 heteroatoms. The zero-order valence-corrected chi connectivity index (χ0v) is 17.7. The van der Waals surface area contributed by atoms with Gasteiger partial charge >= 0.3 is 0 Å². The molecule has 1 saturated carbocycles. The minimum atomic E-state index is 0.0696. The van der Waals surface area contributed by atoms with Crippen molar-refractivity contribution in [3.8, 4) is 5.75 Å². The van der Waals surface area contributed by atoms with Crippen LogP contribution in [0.15, 0.2) is 54.9 Å². The van der Waals surface area contributed by atoms with Gasteiger partial charge in [-0.1, -0.05) is 24.3 Å². The van der Waals surface area contributed by atoms with E-state index in [-0.39, 0.29) is 5.91 Å². The summed E-state index contributed by atoms with van der Waals surface area (Å²) in [5.41, 5.74) is 4.20. The van der Waals surface area contributed by atoms with Gasteiger partial charge in [0.1, 0.15) is 18.1 Å². The molecule has 160 valence electrons. The number of hydrogen-bond acceptors (Lipinski definition) is 4. The molecule has 0 bridgehead atoms. The molecule has 3 aromatic rings. The van der Waals surface area contributed by atoms with Crippen LogP contribution in [0.3, 0.4) is 0 Å². The van der Waals surface area contributed by atoms with Crippen LogP contribution in [-0.2, 0) is 13.0 Å². The smallest absolute Gasteiger partial charge is 0.274 e. The number of aromatic nitrogens is 3. The maximum absolute atomic E-state index is 12.8. The Bertz CT molecular complexity index is 1000. The minimum absolute atomic E-state index is 0.0696. The summed E-state index contributed by atoms with van der Waals surface area (Å²) < 4.78 is 5.79. The van der Waals surface area contributed by atoms with Crippen LogP contribution >= 0.6 is 0 Å². The molecule has 1 amide bonds. The summed E-state index contributed by atoms with van der Waals surface area (Å²) in [4.78, 5) is 18.7. The third-order valence-corrected chi connectivity index (χ3v) is 6.34. The molecule has 31 heavy (non-hydrogen) atoms. The molecule has 2 aliphatic rings. The van der Waals surface area contributed by atoms with Crippen molar-refractivity contribution in [1.82, 2.24) is 20.1 Å². The second-order valence-corrected chi connectivity index (χ2v) is 8.71. The van der Waals surface area contributed by atoms with Gasteiger partial charge in [-0.2, -0.15) is 5.10 Å². The van der Waals surface area contributed by atoms with Crippen molar-refractivity contribution in [2.45, 2.75) is 44.6 Å². The Morgan fingerprint density at radius 1 is 1.00 bits per heavy atom. The van der Waals surface area contributed by atoms with Crippen molar-refractivity contribution in [2.24, 2.45) is 5.92 Å². The van der Waals surface area contributed by atoms with E-state index in [1.54, 1.807) is 12.4 Å². The average molecular weight is 417 g/mol. The predicted octanol–water partition coefficient (Wildman–Crippen LogP) is 4.36. The fraction of sp³-hybridized carbons (Fsp3) is 0.400. The lowest BCUT2D eigenvalue weighted by atomic mass is 9.90. The van der Waals surface area contributed by atoms with Crippen LogP contribution in [0.2, 0.25) is 0 Å². The summed E-state index contributed by atoms with van der Waals surface area (Å²) in [6.07, 6.45) is 9.02. The van der Waals surface area contributed by atoms with E-state index in [4.69, 9.17) is 4.74 Å². The summed E-state index contributed by atoms with van der Waals surface area (Å²) in [6, 6.07) is 14.4. The molecular weight excluding hydrogens is 388 g/mol. The number of carbonyl (C=O) groups excluding carboxylic acids is 1. The monoisotopic (exact) mass is 416 g/mol. The molecule has 1 saturated heterocycles. The lowest BCUT2D eigenvalue weighted by molar-refractivity contribution is 0.0684. The third-order valence-electron chi connectivity index (χ3n) is 6.34. The van der Waals surface area contributed by atoms with Crippen molar-refractivity contribution in [3.63, 3.8) is 0 Å². The van der Waals surface area contributed by atoms with Crippen molar-refractivity contribution in [1.29, 1.82) is 0 Å². The SMILES string of the molecule is O=C(c1cc(C2CC2)[nH]n1)N1CCC(Cc2ccc(COc3ccncc3)cc2)CC1. The number of ether oxygens (including phenoxy) is 1. The third kappa shape index (κ3) is 4.95. The first kappa shape index (κ1) is 19.8. The number of nitrogens with zero attached hydrogens (tertiary/aromatic N) is 3. The van der Waals surface area contributed by atoms with E-state index in [0.717, 1.165) is 49.4 Å². The van der Waals surface area contributed by atoms with Crippen LogP contribution in [-0.4, -0.2) is 39.1 Å². The molecule has 5 rings (SSSR count). The quantitative estimate of drug-likeness (QED) is 0.621. The number of piperidine rings is 1. The highest BCUT2D eigenvalue weighted by atomic mass is 16.5. The fourth-order valence-corrected chi connectivity index (χ4v) is 4.26. The minimum Gasteiger partial charge on any atom is -0.489 e. The Morgan fingerprint density at radius 2 is 1.71 bits per heavy atom. The van der Waals surface area contributed by atoms with Gasteiger partial charge in [-0.25, -0.2) is 0 Å². The number of carbonyl (C=O) groups is 1. The highest BCUT2D eigenvalue weighted by molar-refractivity contribution is 5.92. The molecule has 2 fully saturated rings. The van der Waals surface area contributed by atoms with Crippen LogP contribution < -0.4 is 4.74 Å². The normalized spacial score (nSPS) is 17.0. The van der Waals surface area contributed by atoms with E-state index in [0.29, 0.717) is 24.1 Å². The molecule has 1 aliphatic carbocycles. The second-order valence-electron chi connectivity index (χ2n) is 8.71. The van der Waals surface area contributed by atoms with E-state index in [2.05, 4.69) is 39.4 Å². The van der Waals surface area contributed by atoms with Crippen LogP contribution in [0.25, 0.3) is 0 Å². The summed E-state index contributed by atoms with van der Waals surface area (Å²) in [7, 11) is 0. The van der Waals surface area contributed by atoms with Gasteiger partial charge in [0.25, 0.3) is 5.91 Å². The lowest BCUT2D eigenvalue weighted by Gasteiger charge is -2.31. The van der Waals surface area contributed by atoms with Gasteiger partial charge in [0.15, 0.2) is 0 Å². The zero-order chi connectivity index (χ0) is 21.0. The van der Waals surface area contributed by atoms with Crippen molar-refractivity contribution < 1.29 is 9.53 Å². The summed E-state index contributed by atoms with van der Waals surface area (Å²) in [5.74, 6) is 2.11. The Morgan fingerprint density at radius 3 is 2.42 bits per heavy atom. The second kappa shape index (κ2) is 8.92. The molecule has 3 heterocycles. The first-order valence-electron chi connectivity index (χ1n) is 11.2. The maximum atomic E-state index is 12.8. The lowest BCUT2D eigenvalue weighted by Crippen LogP contribution is -2.39. The first-order chi connectivity index (χ1) is 15.2. The van der Waals surface area contributed by atoms with Crippen LogP contribution in [0.1, 0.15) is 58.9 Å². The molecule has 1 N–H and O–H groups in total. The van der Waals surface area contributed by atoms with Gasteiger partial charge in [-0.05, 0) is 67.3 Å². The van der Waals surface area contributed by atoms with Crippen LogP contribution in [0.4, 0.5) is 0 Å². The number of likely N-dealkylation sites (tertiary alicyclic amines) is 1. The van der Waals surface area contributed by atoms with Crippen LogP contribution in [0.5, 0.6) is 5.75 Å². The Labute approximate surface area is 182 Å².